The number of hydrogen-bond donors (Lipinski definition) is 0. The highest BCUT2D eigenvalue weighted by Gasteiger charge is 2.21. The van der Waals surface area contributed by atoms with Crippen LogP contribution in [-0.2, 0) is 0 Å². The van der Waals surface area contributed by atoms with Gasteiger partial charge in [0.1, 0.15) is 0 Å². The predicted octanol–water partition coefficient (Wildman–Crippen LogP) is 3.67. The molecule has 0 amide bonds. The molecule has 1 aromatic heterocycles. The molecule has 1 heterocycles. The van der Waals surface area contributed by atoms with Crippen LogP contribution in [0.1, 0.15) is 17.0 Å². The molecule has 0 saturated carbocycles. The van der Waals surface area contributed by atoms with Crippen LogP contribution in [0.4, 0.5) is 14.5 Å². The molecule has 23 heavy (non-hydrogen) atoms. The van der Waals surface area contributed by atoms with Gasteiger partial charge in [-0.2, -0.15) is 8.78 Å². The van der Waals surface area contributed by atoms with Crippen LogP contribution in [0.2, 0.25) is 0 Å². The molecule has 1 aromatic carbocycles. The van der Waals surface area contributed by atoms with Gasteiger partial charge in [0.25, 0.3) is 0 Å². The molecule has 0 bridgehead atoms. The fourth-order valence-corrected chi connectivity index (χ4v) is 1.87. The molecule has 0 radical (unpaired) electrons. The fourth-order valence-electron chi connectivity index (χ4n) is 1.87. The van der Waals surface area contributed by atoms with E-state index in [4.69, 9.17) is 9.26 Å². The van der Waals surface area contributed by atoms with Crippen molar-refractivity contribution < 1.29 is 27.7 Å². The van der Waals surface area contributed by atoms with E-state index in [0.29, 0.717) is 5.56 Å². The smallest absolute Gasteiger partial charge is 0.387 e. The van der Waals surface area contributed by atoms with Gasteiger partial charge in [0, 0.05) is 0 Å². The Morgan fingerprint density at radius 1 is 1.35 bits per heavy atom. The first-order chi connectivity index (χ1) is 10.9. The zero-order valence-electron chi connectivity index (χ0n) is 12.2. The van der Waals surface area contributed by atoms with Gasteiger partial charge in [0.2, 0.25) is 5.76 Å². The maximum atomic E-state index is 12.3. The van der Waals surface area contributed by atoms with Crippen LogP contribution in [0.25, 0.3) is 12.2 Å². The largest absolute Gasteiger partial charge is 0.493 e. The lowest BCUT2D eigenvalue weighted by Crippen LogP contribution is -2.03. The van der Waals surface area contributed by atoms with Gasteiger partial charge in [0.05, 0.1) is 12.0 Å². The lowest BCUT2D eigenvalue weighted by Gasteiger charge is -2.10. The number of aromatic nitrogens is 1. The average molecular weight is 326 g/mol. The molecule has 0 aliphatic rings. The SMILES string of the molecule is COc1cc(/C=C/c2onc(C)c2[N+](=O)[O-])ccc1OC(F)F. The third-order valence-corrected chi connectivity index (χ3v) is 2.87. The lowest BCUT2D eigenvalue weighted by molar-refractivity contribution is -0.386. The summed E-state index contributed by atoms with van der Waals surface area (Å²) in [7, 11) is 1.31. The first-order valence-corrected chi connectivity index (χ1v) is 6.34. The van der Waals surface area contributed by atoms with Crippen molar-refractivity contribution in [3.05, 3.63) is 45.3 Å². The van der Waals surface area contributed by atoms with E-state index < -0.39 is 11.5 Å². The Bertz CT molecular complexity index is 743. The zero-order valence-corrected chi connectivity index (χ0v) is 12.2. The molecule has 7 nitrogen and oxygen atoms in total. The van der Waals surface area contributed by atoms with Crippen LogP contribution in [0.3, 0.4) is 0 Å². The van der Waals surface area contributed by atoms with Gasteiger partial charge in [-0.05, 0) is 30.7 Å². The third-order valence-electron chi connectivity index (χ3n) is 2.87. The van der Waals surface area contributed by atoms with Gasteiger partial charge in [0.15, 0.2) is 17.2 Å². The summed E-state index contributed by atoms with van der Waals surface area (Å²) in [6.07, 6.45) is 2.86. The molecule has 122 valence electrons. The number of benzene rings is 1. The van der Waals surface area contributed by atoms with Crippen molar-refractivity contribution in [2.45, 2.75) is 13.5 Å². The maximum absolute atomic E-state index is 12.3. The standard InChI is InChI=1S/C14H12F2N2O5/c1-8-13(18(19)20)11(23-17-8)6-4-9-3-5-10(22-14(15)16)12(7-9)21-2/h3-7,14H,1-2H3/b6-4+. The van der Waals surface area contributed by atoms with E-state index in [2.05, 4.69) is 9.89 Å². The molecule has 9 heteroatoms. The number of aryl methyl sites for hydroxylation is 1. The summed E-state index contributed by atoms with van der Waals surface area (Å²) in [5.41, 5.74) is 0.477. The first-order valence-electron chi connectivity index (χ1n) is 6.34. The minimum atomic E-state index is -2.97. The Morgan fingerprint density at radius 2 is 2.09 bits per heavy atom. The fraction of sp³-hybridized carbons (Fsp3) is 0.214. The van der Waals surface area contributed by atoms with E-state index in [-0.39, 0.29) is 28.6 Å². The molecular formula is C14H12F2N2O5. The van der Waals surface area contributed by atoms with E-state index in [1.54, 1.807) is 0 Å². The Balaban J connectivity index is 2.28. The van der Waals surface area contributed by atoms with Gasteiger partial charge in [-0.1, -0.05) is 17.3 Å². The number of halogens is 2. The molecule has 0 aliphatic carbocycles. The van der Waals surface area contributed by atoms with Crippen molar-refractivity contribution in [1.82, 2.24) is 5.16 Å². The summed E-state index contributed by atoms with van der Waals surface area (Å²) in [6.45, 7) is -1.51. The van der Waals surface area contributed by atoms with Crippen molar-refractivity contribution in [2.24, 2.45) is 0 Å². The van der Waals surface area contributed by atoms with Crippen molar-refractivity contribution >= 4 is 17.8 Å². The first kappa shape index (κ1) is 16.4. The number of rotatable bonds is 6. The number of alkyl halides is 2. The van der Waals surface area contributed by atoms with Gasteiger partial charge in [-0.15, -0.1) is 0 Å². The quantitative estimate of drug-likeness (QED) is 0.594. The minimum absolute atomic E-state index is 0.0145. The van der Waals surface area contributed by atoms with Gasteiger partial charge in [-0.3, -0.25) is 10.1 Å². The summed E-state index contributed by atoms with van der Waals surface area (Å²) >= 11 is 0. The second-order valence-corrected chi connectivity index (χ2v) is 4.36. The highest BCUT2D eigenvalue weighted by Crippen LogP contribution is 2.31. The number of hydrogen-bond acceptors (Lipinski definition) is 6. The van der Waals surface area contributed by atoms with Gasteiger partial charge >= 0.3 is 12.3 Å². The zero-order chi connectivity index (χ0) is 17.0. The molecule has 0 fully saturated rings. The van der Waals surface area contributed by atoms with E-state index >= 15 is 0 Å². The summed E-state index contributed by atoms with van der Waals surface area (Å²) in [5.74, 6) is -0.0174. The summed E-state index contributed by atoms with van der Waals surface area (Å²) in [6, 6.07) is 4.25. The van der Waals surface area contributed by atoms with E-state index in [0.717, 1.165) is 0 Å². The van der Waals surface area contributed by atoms with Crippen molar-refractivity contribution in [3.63, 3.8) is 0 Å². The minimum Gasteiger partial charge on any atom is -0.493 e. The number of nitro groups is 1. The number of methoxy groups -OCH3 is 1. The van der Waals surface area contributed by atoms with Crippen molar-refractivity contribution in [1.29, 1.82) is 0 Å². The van der Waals surface area contributed by atoms with Gasteiger partial charge in [-0.25, -0.2) is 0 Å². The lowest BCUT2D eigenvalue weighted by atomic mass is 10.1. The van der Waals surface area contributed by atoms with Gasteiger partial charge < -0.3 is 14.0 Å². The van der Waals surface area contributed by atoms with Crippen LogP contribution in [0, 0.1) is 17.0 Å². The normalized spacial score (nSPS) is 11.2. The Hall–Kier alpha value is -2.97. The van der Waals surface area contributed by atoms with E-state index in [1.165, 1.54) is 44.4 Å². The monoisotopic (exact) mass is 326 g/mol. The Kier molecular flexibility index (Phi) is 4.89. The average Bonchev–Trinajstić information content (AvgIpc) is 2.86. The number of ether oxygens (including phenoxy) is 2. The molecule has 2 aromatic rings. The van der Waals surface area contributed by atoms with Crippen molar-refractivity contribution in [2.75, 3.05) is 7.11 Å². The second-order valence-electron chi connectivity index (χ2n) is 4.36. The summed E-state index contributed by atoms with van der Waals surface area (Å²) in [4.78, 5) is 10.3. The molecular weight excluding hydrogens is 314 g/mol. The topological polar surface area (TPSA) is 87.6 Å². The second kappa shape index (κ2) is 6.86. The molecule has 0 spiro atoms. The Labute approximate surface area is 129 Å². The van der Waals surface area contributed by atoms with Crippen LogP contribution >= 0.6 is 0 Å². The van der Waals surface area contributed by atoms with Crippen LogP contribution in [0.5, 0.6) is 11.5 Å². The molecule has 0 N–H and O–H groups in total. The molecule has 0 aliphatic heterocycles. The molecule has 0 saturated heterocycles. The van der Waals surface area contributed by atoms with Crippen LogP contribution in [-0.4, -0.2) is 23.8 Å². The molecule has 0 atom stereocenters. The van der Waals surface area contributed by atoms with E-state index in [1.807, 2.05) is 0 Å². The highest BCUT2D eigenvalue weighted by molar-refractivity contribution is 5.72. The third kappa shape index (κ3) is 3.82. The maximum Gasteiger partial charge on any atom is 0.387 e. The molecule has 2 rings (SSSR count). The predicted molar refractivity (Wildman–Crippen MR) is 76.4 cm³/mol. The summed E-state index contributed by atoms with van der Waals surface area (Å²) < 4.78 is 38.7. The van der Waals surface area contributed by atoms with Crippen LogP contribution < -0.4 is 9.47 Å². The molecule has 0 unspecified atom stereocenters. The number of nitrogens with zero attached hydrogens (tertiary/aromatic N) is 2. The highest BCUT2D eigenvalue weighted by atomic mass is 19.3. The Morgan fingerprint density at radius 3 is 2.70 bits per heavy atom. The van der Waals surface area contributed by atoms with E-state index in [9.17, 15) is 18.9 Å². The van der Waals surface area contributed by atoms with Crippen molar-refractivity contribution in [3.8, 4) is 11.5 Å². The van der Waals surface area contributed by atoms with Crippen LogP contribution in [0.15, 0.2) is 22.7 Å². The summed E-state index contributed by atoms with van der Waals surface area (Å²) in [5, 5.41) is 14.5.